The molecule has 1 aromatic carbocycles. The number of carbonyl (C=O) groups excluding carboxylic acids is 1. The van der Waals surface area contributed by atoms with Crippen LogP contribution in [0.3, 0.4) is 0 Å². The van der Waals surface area contributed by atoms with Gasteiger partial charge in [0, 0.05) is 5.38 Å². The zero-order valence-electron chi connectivity index (χ0n) is 11.8. The average molecular weight is 287 g/mol. The molecule has 1 N–H and O–H groups in total. The van der Waals surface area contributed by atoms with Crippen LogP contribution in [0.1, 0.15) is 47.7 Å². The number of rotatable bonds is 4. The Kier molecular flexibility index (Phi) is 4.63. The van der Waals surface area contributed by atoms with Crippen LogP contribution in [0.15, 0.2) is 40.8 Å². The zero-order valence-corrected chi connectivity index (χ0v) is 12.6. The van der Waals surface area contributed by atoms with Gasteiger partial charge in [0.25, 0.3) is 5.91 Å². The predicted octanol–water partition coefficient (Wildman–Crippen LogP) is 3.42. The number of aromatic nitrogens is 1. The van der Waals surface area contributed by atoms with Gasteiger partial charge in [0.05, 0.1) is 11.4 Å². The second-order valence-electron chi connectivity index (χ2n) is 4.74. The zero-order chi connectivity index (χ0) is 14.5. The van der Waals surface area contributed by atoms with Gasteiger partial charge in [0.15, 0.2) is 5.01 Å². The van der Waals surface area contributed by atoms with Gasteiger partial charge < -0.3 is 0 Å². The molecule has 0 aliphatic heterocycles. The largest absolute Gasteiger partial charge is 0.300 e. The van der Waals surface area contributed by atoms with E-state index in [1.807, 2.05) is 42.6 Å². The van der Waals surface area contributed by atoms with Gasteiger partial charge in [-0.1, -0.05) is 44.2 Å². The summed E-state index contributed by atoms with van der Waals surface area (Å²) in [6.07, 6.45) is 0. The number of hydrazone groups is 1. The summed E-state index contributed by atoms with van der Waals surface area (Å²) in [5.41, 5.74) is 5.23. The predicted molar refractivity (Wildman–Crippen MR) is 82.3 cm³/mol. The molecule has 0 aliphatic carbocycles. The summed E-state index contributed by atoms with van der Waals surface area (Å²) in [5, 5.41) is 6.46. The molecule has 20 heavy (non-hydrogen) atoms. The van der Waals surface area contributed by atoms with E-state index in [-0.39, 0.29) is 5.91 Å². The molecule has 104 valence electrons. The van der Waals surface area contributed by atoms with E-state index in [0.717, 1.165) is 17.0 Å². The van der Waals surface area contributed by atoms with Crippen LogP contribution in [0.4, 0.5) is 0 Å². The maximum absolute atomic E-state index is 11.9. The van der Waals surface area contributed by atoms with E-state index < -0.39 is 0 Å². The summed E-state index contributed by atoms with van der Waals surface area (Å²) in [5.74, 6) is 0.0551. The van der Waals surface area contributed by atoms with E-state index in [1.54, 1.807) is 0 Å². The monoisotopic (exact) mass is 287 g/mol. The Morgan fingerprint density at radius 1 is 1.30 bits per heavy atom. The van der Waals surface area contributed by atoms with Crippen LogP contribution in [-0.2, 0) is 0 Å². The molecule has 0 bridgehead atoms. The topological polar surface area (TPSA) is 54.4 Å². The molecule has 5 heteroatoms. The lowest BCUT2D eigenvalue weighted by atomic mass is 10.1. The smallest absolute Gasteiger partial charge is 0.265 e. The van der Waals surface area contributed by atoms with E-state index in [4.69, 9.17) is 0 Å². The molecule has 4 nitrogen and oxygen atoms in total. The highest BCUT2D eigenvalue weighted by Gasteiger charge is 2.12. The standard InChI is InChI=1S/C15H17N3OS/c1-10(2)13-9-20-15(16-13)14(19)18-17-11(3)12-7-5-4-6-8-12/h4-10H,1-3H3,(H,18,19)/b17-11+. The van der Waals surface area contributed by atoms with Crippen LogP contribution in [-0.4, -0.2) is 16.6 Å². The Labute approximate surface area is 122 Å². The molecule has 0 fully saturated rings. The average Bonchev–Trinajstić information content (AvgIpc) is 2.95. The van der Waals surface area contributed by atoms with E-state index in [0.29, 0.717) is 10.9 Å². The molecule has 2 rings (SSSR count). The molecule has 1 amide bonds. The number of benzene rings is 1. The van der Waals surface area contributed by atoms with E-state index in [1.165, 1.54) is 11.3 Å². The molecule has 0 saturated heterocycles. The highest BCUT2D eigenvalue weighted by molar-refractivity contribution is 7.11. The van der Waals surface area contributed by atoms with E-state index >= 15 is 0 Å². The van der Waals surface area contributed by atoms with Gasteiger partial charge in [-0.25, -0.2) is 10.4 Å². The normalized spacial score (nSPS) is 11.7. The van der Waals surface area contributed by atoms with E-state index in [9.17, 15) is 4.79 Å². The number of thiazole rings is 1. The van der Waals surface area contributed by atoms with Crippen LogP contribution < -0.4 is 5.43 Å². The van der Waals surface area contributed by atoms with Crippen LogP contribution in [0, 0.1) is 0 Å². The van der Waals surface area contributed by atoms with Crippen molar-refractivity contribution in [2.45, 2.75) is 26.7 Å². The summed E-state index contributed by atoms with van der Waals surface area (Å²) in [6, 6.07) is 9.71. The summed E-state index contributed by atoms with van der Waals surface area (Å²) >= 11 is 1.34. The number of nitrogens with one attached hydrogen (secondary N) is 1. The fourth-order valence-corrected chi connectivity index (χ4v) is 2.45. The van der Waals surface area contributed by atoms with Crippen molar-refractivity contribution in [2.24, 2.45) is 5.10 Å². The molecule has 1 aromatic heterocycles. The van der Waals surface area contributed by atoms with Gasteiger partial charge in [-0.05, 0) is 18.4 Å². The maximum atomic E-state index is 11.9. The van der Waals surface area contributed by atoms with Gasteiger partial charge in [-0.15, -0.1) is 11.3 Å². The Hall–Kier alpha value is -2.01. The lowest BCUT2D eigenvalue weighted by molar-refractivity contribution is 0.0954. The first kappa shape index (κ1) is 14.4. The number of nitrogens with zero attached hydrogens (tertiary/aromatic N) is 2. The van der Waals surface area contributed by atoms with Crippen molar-refractivity contribution in [1.82, 2.24) is 10.4 Å². The third kappa shape index (κ3) is 3.51. The van der Waals surface area contributed by atoms with Gasteiger partial charge in [-0.3, -0.25) is 4.79 Å². The highest BCUT2D eigenvalue weighted by Crippen LogP contribution is 2.17. The number of hydrogen-bond acceptors (Lipinski definition) is 4. The highest BCUT2D eigenvalue weighted by atomic mass is 32.1. The first-order valence-electron chi connectivity index (χ1n) is 6.43. The number of hydrogen-bond donors (Lipinski definition) is 1. The molecular weight excluding hydrogens is 270 g/mol. The summed E-state index contributed by atoms with van der Waals surface area (Å²) in [7, 11) is 0. The lowest BCUT2D eigenvalue weighted by Gasteiger charge is -2.01. The second kappa shape index (κ2) is 6.43. The molecule has 2 aromatic rings. The molecule has 1 heterocycles. The third-order valence-electron chi connectivity index (χ3n) is 2.82. The minimum atomic E-state index is -0.266. The fraction of sp³-hybridized carbons (Fsp3) is 0.267. The Balaban J connectivity index is 2.04. The molecule has 0 unspecified atom stereocenters. The van der Waals surface area contributed by atoms with Crippen LogP contribution in [0.5, 0.6) is 0 Å². The SMILES string of the molecule is C/C(=N\NC(=O)c1nc(C(C)C)cs1)c1ccccc1. The number of carbonyl (C=O) groups is 1. The summed E-state index contributed by atoms with van der Waals surface area (Å²) in [4.78, 5) is 16.2. The van der Waals surface area contributed by atoms with Crippen LogP contribution >= 0.6 is 11.3 Å². The Bertz CT molecular complexity index is 617. The molecule has 0 saturated carbocycles. The summed E-state index contributed by atoms with van der Waals surface area (Å²) < 4.78 is 0. The van der Waals surface area contributed by atoms with Crippen molar-refractivity contribution >= 4 is 23.0 Å². The first-order valence-corrected chi connectivity index (χ1v) is 7.31. The first-order chi connectivity index (χ1) is 9.58. The van der Waals surface area contributed by atoms with Crippen molar-refractivity contribution in [3.05, 3.63) is 52.0 Å². The van der Waals surface area contributed by atoms with Gasteiger partial charge in [0.2, 0.25) is 0 Å². The van der Waals surface area contributed by atoms with Crippen molar-refractivity contribution in [1.29, 1.82) is 0 Å². The molecule has 0 atom stereocenters. The van der Waals surface area contributed by atoms with E-state index in [2.05, 4.69) is 29.4 Å². The fourth-order valence-electron chi connectivity index (χ4n) is 1.58. The Morgan fingerprint density at radius 3 is 2.60 bits per heavy atom. The van der Waals surface area contributed by atoms with Gasteiger partial charge in [-0.2, -0.15) is 5.10 Å². The van der Waals surface area contributed by atoms with Crippen molar-refractivity contribution in [3.63, 3.8) is 0 Å². The van der Waals surface area contributed by atoms with Crippen molar-refractivity contribution < 1.29 is 4.79 Å². The second-order valence-corrected chi connectivity index (χ2v) is 5.59. The number of amides is 1. The minimum Gasteiger partial charge on any atom is -0.265 e. The van der Waals surface area contributed by atoms with Gasteiger partial charge >= 0.3 is 0 Å². The molecule has 0 aliphatic rings. The van der Waals surface area contributed by atoms with Crippen LogP contribution in [0.2, 0.25) is 0 Å². The molecule has 0 spiro atoms. The summed E-state index contributed by atoms with van der Waals surface area (Å²) in [6.45, 7) is 5.96. The molecular formula is C15H17N3OS. The van der Waals surface area contributed by atoms with Crippen molar-refractivity contribution in [2.75, 3.05) is 0 Å². The van der Waals surface area contributed by atoms with Gasteiger partial charge in [0.1, 0.15) is 0 Å². The van der Waals surface area contributed by atoms with Crippen LogP contribution in [0.25, 0.3) is 0 Å². The van der Waals surface area contributed by atoms with Crippen molar-refractivity contribution in [3.8, 4) is 0 Å². The Morgan fingerprint density at radius 2 is 2.00 bits per heavy atom. The lowest BCUT2D eigenvalue weighted by Crippen LogP contribution is -2.19. The molecule has 0 radical (unpaired) electrons. The maximum Gasteiger partial charge on any atom is 0.300 e. The minimum absolute atomic E-state index is 0.266. The third-order valence-corrected chi connectivity index (χ3v) is 3.68. The quantitative estimate of drug-likeness (QED) is 0.692.